The Hall–Kier alpha value is -3.58. The van der Waals surface area contributed by atoms with Gasteiger partial charge in [0.05, 0.1) is 6.42 Å². The summed E-state index contributed by atoms with van der Waals surface area (Å²) in [5.74, 6) is -0.722. The molecule has 0 aromatic heterocycles. The molecule has 3 aromatic rings. The molecule has 0 spiro atoms. The van der Waals surface area contributed by atoms with Crippen molar-refractivity contribution in [1.82, 2.24) is 10.2 Å². The maximum absolute atomic E-state index is 13.1. The van der Waals surface area contributed by atoms with Gasteiger partial charge in [-0.2, -0.15) is 0 Å². The molecule has 2 saturated heterocycles. The van der Waals surface area contributed by atoms with Crippen molar-refractivity contribution in [3.63, 3.8) is 0 Å². The van der Waals surface area contributed by atoms with Gasteiger partial charge in [0.15, 0.2) is 6.10 Å². The van der Waals surface area contributed by atoms with Crippen molar-refractivity contribution in [2.75, 3.05) is 6.54 Å². The van der Waals surface area contributed by atoms with E-state index in [0.717, 1.165) is 16.7 Å². The maximum atomic E-state index is 13.1. The van der Waals surface area contributed by atoms with Crippen molar-refractivity contribution < 1.29 is 19.1 Å². The summed E-state index contributed by atoms with van der Waals surface area (Å²) in [4.78, 5) is 39.8. The highest BCUT2D eigenvalue weighted by Crippen LogP contribution is 2.41. The maximum Gasteiger partial charge on any atom is 0.321 e. The summed E-state index contributed by atoms with van der Waals surface area (Å²) < 4.78 is 5.98. The summed E-state index contributed by atoms with van der Waals surface area (Å²) in [5, 5.41) is 2.08. The fourth-order valence-corrected chi connectivity index (χ4v) is 5.73. The van der Waals surface area contributed by atoms with Crippen LogP contribution in [0.5, 0.6) is 0 Å². The van der Waals surface area contributed by atoms with Crippen LogP contribution in [-0.4, -0.2) is 45.9 Å². The molecule has 2 aliphatic heterocycles. The van der Waals surface area contributed by atoms with Crippen LogP contribution in [0.4, 0.5) is 0 Å². The van der Waals surface area contributed by atoms with E-state index in [1.54, 1.807) is 4.90 Å². The van der Waals surface area contributed by atoms with E-state index < -0.39 is 17.4 Å². The van der Waals surface area contributed by atoms with Crippen LogP contribution >= 0.6 is 11.8 Å². The predicted octanol–water partition coefficient (Wildman–Crippen LogP) is 3.33. The Morgan fingerprint density at radius 2 is 1.47 bits per heavy atom. The Labute approximate surface area is 202 Å². The lowest BCUT2D eigenvalue weighted by molar-refractivity contribution is -0.150. The number of hydrogen-bond donors (Lipinski definition) is 1. The van der Waals surface area contributed by atoms with Gasteiger partial charge < -0.3 is 15.0 Å². The van der Waals surface area contributed by atoms with E-state index in [4.69, 9.17) is 4.74 Å². The Morgan fingerprint density at radius 3 is 2.06 bits per heavy atom. The molecule has 0 unspecified atom stereocenters. The number of nitrogens with one attached hydrogen (secondary N) is 1. The first kappa shape index (κ1) is 22.2. The van der Waals surface area contributed by atoms with E-state index in [9.17, 15) is 14.4 Å². The van der Waals surface area contributed by atoms with E-state index in [-0.39, 0.29) is 36.1 Å². The topological polar surface area (TPSA) is 75.7 Å². The minimum atomic E-state index is -0.613. The van der Waals surface area contributed by atoms with Gasteiger partial charge in [-0.05, 0) is 16.7 Å². The van der Waals surface area contributed by atoms with E-state index in [1.165, 1.54) is 11.8 Å². The molecule has 3 aromatic carbocycles. The summed E-state index contributed by atoms with van der Waals surface area (Å²) in [6.45, 7) is 0.286. The summed E-state index contributed by atoms with van der Waals surface area (Å²) in [5.41, 5.74) is 2.66. The van der Waals surface area contributed by atoms with Crippen LogP contribution in [-0.2, 0) is 25.5 Å². The van der Waals surface area contributed by atoms with Gasteiger partial charge in [0.2, 0.25) is 11.8 Å². The molecule has 34 heavy (non-hydrogen) atoms. The molecule has 0 bridgehead atoms. The highest BCUT2D eigenvalue weighted by molar-refractivity contribution is 8.01. The second kappa shape index (κ2) is 9.73. The Morgan fingerprint density at radius 1 is 0.912 bits per heavy atom. The highest BCUT2D eigenvalue weighted by Gasteiger charge is 2.56. The number of ether oxygens (including phenoxy) is 1. The number of nitrogens with zero attached hydrogens (tertiary/aromatic N) is 1. The number of esters is 1. The molecule has 172 valence electrons. The monoisotopic (exact) mass is 472 g/mol. The lowest BCUT2D eigenvalue weighted by atomic mass is 10.0. The van der Waals surface area contributed by atoms with Crippen LogP contribution in [0.3, 0.4) is 0 Å². The first-order chi connectivity index (χ1) is 16.6. The second-order valence-corrected chi connectivity index (χ2v) is 9.68. The Bertz CT molecular complexity index is 1130. The number of carbonyl (C=O) groups is 3. The number of amides is 2. The number of carbonyl (C=O) groups excluding carboxylic acids is 3. The van der Waals surface area contributed by atoms with Crippen LogP contribution in [0.25, 0.3) is 0 Å². The molecule has 0 aliphatic carbocycles. The average molecular weight is 473 g/mol. The van der Waals surface area contributed by atoms with E-state index >= 15 is 0 Å². The zero-order chi connectivity index (χ0) is 23.5. The summed E-state index contributed by atoms with van der Waals surface area (Å²) in [6.07, 6.45) is -0.315. The largest absolute Gasteiger partial charge is 0.452 e. The molecule has 1 N–H and O–H groups in total. The zero-order valence-electron chi connectivity index (χ0n) is 18.4. The first-order valence-corrected chi connectivity index (χ1v) is 12.1. The van der Waals surface area contributed by atoms with Crippen LogP contribution in [0.2, 0.25) is 0 Å². The van der Waals surface area contributed by atoms with Gasteiger partial charge in [-0.15, -0.1) is 11.8 Å². The SMILES string of the molecule is O=C(Cc1ccccc1)N[C@@H]1C(=O)N2C[C@@H](C(=O)OC(c3ccccc3)c3ccccc3)S[C@H]12. The molecule has 2 amide bonds. The molecule has 2 heterocycles. The molecular weight excluding hydrogens is 448 g/mol. The highest BCUT2D eigenvalue weighted by atomic mass is 32.2. The molecule has 3 atom stereocenters. The van der Waals surface area contributed by atoms with Crippen molar-refractivity contribution in [1.29, 1.82) is 0 Å². The van der Waals surface area contributed by atoms with Crippen LogP contribution in [0, 0.1) is 0 Å². The van der Waals surface area contributed by atoms with Crippen LogP contribution in [0.15, 0.2) is 91.0 Å². The third kappa shape index (κ3) is 4.56. The van der Waals surface area contributed by atoms with E-state index in [0.29, 0.717) is 0 Å². The van der Waals surface area contributed by atoms with Crippen molar-refractivity contribution in [2.24, 2.45) is 0 Å². The number of hydrogen-bond acceptors (Lipinski definition) is 5. The molecule has 0 saturated carbocycles. The first-order valence-electron chi connectivity index (χ1n) is 11.2. The minimum Gasteiger partial charge on any atom is -0.452 e. The van der Waals surface area contributed by atoms with Gasteiger partial charge in [-0.1, -0.05) is 91.0 Å². The lowest BCUT2D eigenvalue weighted by Crippen LogP contribution is -2.67. The number of thioether (sulfide) groups is 1. The van der Waals surface area contributed by atoms with Gasteiger partial charge in [-0.3, -0.25) is 14.4 Å². The lowest BCUT2D eigenvalue weighted by Gasteiger charge is -2.41. The number of benzene rings is 3. The van der Waals surface area contributed by atoms with Gasteiger partial charge in [-0.25, -0.2) is 0 Å². The molecule has 6 nitrogen and oxygen atoms in total. The summed E-state index contributed by atoms with van der Waals surface area (Å²) in [6, 6.07) is 28.0. The van der Waals surface area contributed by atoms with Crippen LogP contribution < -0.4 is 5.32 Å². The third-order valence-electron chi connectivity index (χ3n) is 6.03. The van der Waals surface area contributed by atoms with Crippen molar-refractivity contribution in [2.45, 2.75) is 29.2 Å². The number of β-lactam (4-membered cyclic amide) rings is 1. The third-order valence-corrected chi connectivity index (χ3v) is 7.51. The van der Waals surface area contributed by atoms with E-state index in [2.05, 4.69) is 5.32 Å². The van der Waals surface area contributed by atoms with E-state index in [1.807, 2.05) is 91.0 Å². The molecule has 5 rings (SSSR count). The van der Waals surface area contributed by atoms with Gasteiger partial charge >= 0.3 is 5.97 Å². The molecule has 7 heteroatoms. The molecule has 2 aliphatic rings. The fourth-order valence-electron chi connectivity index (χ4n) is 4.30. The summed E-state index contributed by atoms with van der Waals surface area (Å²) >= 11 is 1.38. The average Bonchev–Trinajstić information content (AvgIpc) is 3.28. The van der Waals surface area contributed by atoms with Gasteiger partial charge in [0, 0.05) is 6.54 Å². The normalized spacial score (nSPS) is 21.0. The van der Waals surface area contributed by atoms with Crippen LogP contribution in [0.1, 0.15) is 22.8 Å². The van der Waals surface area contributed by atoms with Gasteiger partial charge in [0.1, 0.15) is 16.7 Å². The Balaban J connectivity index is 1.23. The Kier molecular flexibility index (Phi) is 6.36. The molecular formula is C27H24N2O4S. The predicted molar refractivity (Wildman–Crippen MR) is 130 cm³/mol. The zero-order valence-corrected chi connectivity index (χ0v) is 19.2. The number of fused-ring (bicyclic) bond motifs is 1. The smallest absolute Gasteiger partial charge is 0.321 e. The molecule has 2 fully saturated rings. The quantitative estimate of drug-likeness (QED) is 0.422. The van der Waals surface area contributed by atoms with Crippen molar-refractivity contribution in [3.8, 4) is 0 Å². The fraction of sp³-hybridized carbons (Fsp3) is 0.222. The van der Waals surface area contributed by atoms with Crippen molar-refractivity contribution in [3.05, 3.63) is 108 Å². The van der Waals surface area contributed by atoms with Crippen molar-refractivity contribution >= 4 is 29.5 Å². The van der Waals surface area contributed by atoms with Gasteiger partial charge in [0.25, 0.3) is 0 Å². The minimum absolute atomic E-state index is 0.156. The standard InChI is InChI=1S/C27H24N2O4S/c30-22(16-18-10-4-1-5-11-18)28-23-25(31)29-17-21(34-26(23)29)27(32)33-24(19-12-6-2-7-13-19)20-14-8-3-9-15-20/h1-15,21,23-24,26H,16-17H2,(H,28,30)/t21-,23+,26+/m0/s1. The summed E-state index contributed by atoms with van der Waals surface area (Å²) in [7, 11) is 0. The second-order valence-electron chi connectivity index (χ2n) is 8.35. The molecule has 0 radical (unpaired) electrons. The number of rotatable bonds is 7.